The van der Waals surface area contributed by atoms with Gasteiger partial charge in [-0.3, -0.25) is 0 Å². The fourth-order valence-corrected chi connectivity index (χ4v) is 3.38. The van der Waals surface area contributed by atoms with E-state index in [0.29, 0.717) is 13.1 Å². The lowest BCUT2D eigenvalue weighted by Gasteiger charge is -2.36. The van der Waals surface area contributed by atoms with Crippen LogP contribution < -0.4 is 10.2 Å². The Kier molecular flexibility index (Phi) is 5.31. The molecule has 0 aliphatic carbocycles. The van der Waals surface area contributed by atoms with Crippen molar-refractivity contribution in [2.75, 3.05) is 36.4 Å². The first kappa shape index (κ1) is 17.1. The van der Waals surface area contributed by atoms with Gasteiger partial charge in [0.15, 0.2) is 0 Å². The molecule has 2 aromatic rings. The number of urea groups is 1. The van der Waals surface area contributed by atoms with E-state index >= 15 is 0 Å². The lowest BCUT2D eigenvalue weighted by molar-refractivity contribution is 0.208. The molecule has 6 heteroatoms. The van der Waals surface area contributed by atoms with E-state index in [9.17, 15) is 4.79 Å². The molecule has 1 aliphatic heterocycles. The maximum absolute atomic E-state index is 12.5. The molecule has 1 N–H and O–H groups in total. The van der Waals surface area contributed by atoms with Gasteiger partial charge in [-0.05, 0) is 55.0 Å². The largest absolute Gasteiger partial charge is 0.368 e. The minimum Gasteiger partial charge on any atom is -0.368 e. The molecular weight excluding hydrogens is 390 g/mol. The predicted molar refractivity (Wildman–Crippen MR) is 103 cm³/mol. The molecule has 0 spiro atoms. The predicted octanol–water partition coefficient (Wildman–Crippen LogP) is 4.77. The number of aryl methyl sites for hydroxylation is 1. The highest BCUT2D eigenvalue weighted by Gasteiger charge is 2.21. The zero-order valence-corrected chi connectivity index (χ0v) is 15.8. The molecule has 1 saturated heterocycles. The third-order valence-corrected chi connectivity index (χ3v) is 4.93. The van der Waals surface area contributed by atoms with Crippen LogP contribution in [0.2, 0.25) is 5.02 Å². The van der Waals surface area contributed by atoms with Gasteiger partial charge in [0.05, 0.1) is 0 Å². The van der Waals surface area contributed by atoms with E-state index in [0.717, 1.165) is 39.5 Å². The number of carbonyl (C=O) groups excluding carboxylic acids is 1. The molecular formula is C18H19BrClN3O. The third-order valence-electron chi connectivity index (χ3n) is 4.19. The Balaban J connectivity index is 1.58. The van der Waals surface area contributed by atoms with Gasteiger partial charge in [0.1, 0.15) is 0 Å². The summed E-state index contributed by atoms with van der Waals surface area (Å²) in [5.74, 6) is 0. The van der Waals surface area contributed by atoms with Gasteiger partial charge in [-0.2, -0.15) is 0 Å². The van der Waals surface area contributed by atoms with Crippen molar-refractivity contribution in [3.63, 3.8) is 0 Å². The second-order valence-corrected chi connectivity index (χ2v) is 7.19. The molecule has 1 heterocycles. The summed E-state index contributed by atoms with van der Waals surface area (Å²) in [6.45, 7) is 5.01. The molecule has 126 valence electrons. The highest BCUT2D eigenvalue weighted by atomic mass is 79.9. The number of hydrogen-bond acceptors (Lipinski definition) is 2. The van der Waals surface area contributed by atoms with Gasteiger partial charge < -0.3 is 15.1 Å². The van der Waals surface area contributed by atoms with Gasteiger partial charge in [-0.25, -0.2) is 4.79 Å². The van der Waals surface area contributed by atoms with Crippen molar-refractivity contribution in [1.29, 1.82) is 0 Å². The average Bonchev–Trinajstić information content (AvgIpc) is 2.58. The van der Waals surface area contributed by atoms with Crippen molar-refractivity contribution >= 4 is 44.9 Å². The van der Waals surface area contributed by atoms with Crippen LogP contribution in [0.25, 0.3) is 0 Å². The lowest BCUT2D eigenvalue weighted by Crippen LogP contribution is -2.50. The van der Waals surface area contributed by atoms with Crippen molar-refractivity contribution in [3.05, 3.63) is 57.5 Å². The molecule has 2 amide bonds. The molecule has 2 aromatic carbocycles. The first-order valence-corrected chi connectivity index (χ1v) is 9.02. The number of rotatable bonds is 2. The number of nitrogens with one attached hydrogen (secondary N) is 1. The zero-order valence-electron chi connectivity index (χ0n) is 13.4. The van der Waals surface area contributed by atoms with E-state index in [2.05, 4.69) is 26.1 Å². The Morgan fingerprint density at radius 3 is 2.38 bits per heavy atom. The van der Waals surface area contributed by atoms with E-state index in [1.165, 1.54) is 0 Å². The maximum Gasteiger partial charge on any atom is 0.321 e. The van der Waals surface area contributed by atoms with Crippen LogP contribution in [0.3, 0.4) is 0 Å². The molecule has 3 rings (SSSR count). The minimum atomic E-state index is -0.0452. The van der Waals surface area contributed by atoms with E-state index < -0.39 is 0 Å². The number of piperazine rings is 1. The summed E-state index contributed by atoms with van der Waals surface area (Å²) in [4.78, 5) is 16.6. The third kappa shape index (κ3) is 4.02. The number of nitrogens with zero attached hydrogens (tertiary/aromatic N) is 2. The van der Waals surface area contributed by atoms with Gasteiger partial charge in [-0.1, -0.05) is 27.5 Å². The van der Waals surface area contributed by atoms with Crippen LogP contribution in [0.1, 0.15) is 5.56 Å². The Morgan fingerprint density at radius 1 is 1.08 bits per heavy atom. The second kappa shape index (κ2) is 7.45. The highest BCUT2D eigenvalue weighted by molar-refractivity contribution is 9.10. The van der Waals surface area contributed by atoms with E-state index in [4.69, 9.17) is 11.6 Å². The van der Waals surface area contributed by atoms with Crippen LogP contribution in [-0.4, -0.2) is 37.1 Å². The zero-order chi connectivity index (χ0) is 17.1. The molecule has 0 unspecified atom stereocenters. The van der Waals surface area contributed by atoms with Crippen molar-refractivity contribution in [2.45, 2.75) is 6.92 Å². The Bertz CT molecular complexity index is 728. The Labute approximate surface area is 155 Å². The number of hydrogen-bond donors (Lipinski definition) is 1. The SMILES string of the molecule is Cc1cc(Br)ccc1NC(=O)N1CCN(c2ccc(Cl)cc2)CC1. The van der Waals surface area contributed by atoms with Crippen LogP contribution in [0.5, 0.6) is 0 Å². The summed E-state index contributed by atoms with van der Waals surface area (Å²) in [5.41, 5.74) is 3.03. The molecule has 0 atom stereocenters. The summed E-state index contributed by atoms with van der Waals surface area (Å²) in [5, 5.41) is 3.74. The number of halogens is 2. The summed E-state index contributed by atoms with van der Waals surface area (Å²) in [6, 6.07) is 13.6. The number of anilines is 2. The van der Waals surface area contributed by atoms with Crippen LogP contribution >= 0.6 is 27.5 Å². The molecule has 0 radical (unpaired) electrons. The number of benzene rings is 2. The molecule has 1 fully saturated rings. The van der Waals surface area contributed by atoms with Gasteiger partial charge in [-0.15, -0.1) is 0 Å². The second-order valence-electron chi connectivity index (χ2n) is 5.84. The summed E-state index contributed by atoms with van der Waals surface area (Å²) >= 11 is 9.37. The fraction of sp³-hybridized carbons (Fsp3) is 0.278. The number of amides is 2. The molecule has 1 aliphatic rings. The van der Waals surface area contributed by atoms with E-state index in [1.807, 2.05) is 54.3 Å². The number of carbonyl (C=O) groups is 1. The first-order chi connectivity index (χ1) is 11.5. The summed E-state index contributed by atoms with van der Waals surface area (Å²) in [6.07, 6.45) is 0. The molecule has 24 heavy (non-hydrogen) atoms. The Morgan fingerprint density at radius 2 is 1.75 bits per heavy atom. The van der Waals surface area contributed by atoms with Crippen LogP contribution in [0, 0.1) is 6.92 Å². The average molecular weight is 409 g/mol. The van der Waals surface area contributed by atoms with Gasteiger partial charge in [0.25, 0.3) is 0 Å². The van der Waals surface area contributed by atoms with Gasteiger partial charge >= 0.3 is 6.03 Å². The van der Waals surface area contributed by atoms with Gasteiger partial charge in [0.2, 0.25) is 0 Å². The monoisotopic (exact) mass is 407 g/mol. The lowest BCUT2D eigenvalue weighted by atomic mass is 10.2. The van der Waals surface area contributed by atoms with Crippen molar-refractivity contribution in [1.82, 2.24) is 4.90 Å². The quantitative estimate of drug-likeness (QED) is 0.777. The summed E-state index contributed by atoms with van der Waals surface area (Å²) in [7, 11) is 0. The van der Waals surface area contributed by atoms with Crippen LogP contribution in [0.4, 0.5) is 16.2 Å². The Hall–Kier alpha value is -1.72. The van der Waals surface area contributed by atoms with E-state index in [1.54, 1.807) is 0 Å². The molecule has 0 aromatic heterocycles. The van der Waals surface area contributed by atoms with E-state index in [-0.39, 0.29) is 6.03 Å². The van der Waals surface area contributed by atoms with Crippen molar-refractivity contribution < 1.29 is 4.79 Å². The van der Waals surface area contributed by atoms with Crippen molar-refractivity contribution in [3.8, 4) is 0 Å². The molecule has 4 nitrogen and oxygen atoms in total. The van der Waals surface area contributed by atoms with Crippen molar-refractivity contribution in [2.24, 2.45) is 0 Å². The standard InChI is InChI=1S/C18H19BrClN3O/c1-13-12-14(19)2-7-17(13)21-18(24)23-10-8-22(9-11-23)16-5-3-15(20)4-6-16/h2-7,12H,8-11H2,1H3,(H,21,24). The normalized spacial score (nSPS) is 14.6. The minimum absolute atomic E-state index is 0.0452. The topological polar surface area (TPSA) is 35.6 Å². The van der Waals surface area contributed by atoms with Crippen LogP contribution in [-0.2, 0) is 0 Å². The molecule has 0 saturated carbocycles. The van der Waals surface area contributed by atoms with Crippen LogP contribution in [0.15, 0.2) is 46.9 Å². The summed E-state index contributed by atoms with van der Waals surface area (Å²) < 4.78 is 1.01. The highest BCUT2D eigenvalue weighted by Crippen LogP contribution is 2.22. The smallest absolute Gasteiger partial charge is 0.321 e. The molecule has 0 bridgehead atoms. The first-order valence-electron chi connectivity index (χ1n) is 7.85. The maximum atomic E-state index is 12.5. The fourth-order valence-electron chi connectivity index (χ4n) is 2.78. The van der Waals surface area contributed by atoms with Gasteiger partial charge in [0, 0.05) is 47.0 Å².